The summed E-state index contributed by atoms with van der Waals surface area (Å²) in [4.78, 5) is 10.1. The van der Waals surface area contributed by atoms with Gasteiger partial charge >= 0.3 is 0 Å². The number of nitrogens with zero attached hydrogens (tertiary/aromatic N) is 3. The van der Waals surface area contributed by atoms with Gasteiger partial charge in [-0.15, -0.1) is 0 Å². The van der Waals surface area contributed by atoms with Gasteiger partial charge in [0.2, 0.25) is 0 Å². The van der Waals surface area contributed by atoms with Gasteiger partial charge in [-0.2, -0.15) is 0 Å². The van der Waals surface area contributed by atoms with Crippen molar-refractivity contribution in [3.05, 3.63) is 54.1 Å². The molecule has 17 heavy (non-hydrogen) atoms. The molecule has 0 amide bonds. The van der Waals surface area contributed by atoms with Crippen molar-refractivity contribution in [1.29, 1.82) is 0 Å². The number of aromatic nitrogens is 2. The second-order valence-corrected chi connectivity index (χ2v) is 3.87. The minimum Gasteiger partial charge on any atom is -0.392 e. The van der Waals surface area contributed by atoms with E-state index >= 15 is 0 Å². The Balaban J connectivity index is 2.17. The maximum Gasteiger partial charge on any atom is 0.0717 e. The van der Waals surface area contributed by atoms with Gasteiger partial charge in [-0.3, -0.25) is 9.97 Å². The summed E-state index contributed by atoms with van der Waals surface area (Å²) in [5.74, 6) is 0. The summed E-state index contributed by atoms with van der Waals surface area (Å²) in [5, 5.41) is 9.26. The number of anilines is 1. The van der Waals surface area contributed by atoms with E-state index in [-0.39, 0.29) is 6.61 Å². The molecule has 2 aromatic rings. The Morgan fingerprint density at radius 2 is 1.82 bits per heavy atom. The van der Waals surface area contributed by atoms with Gasteiger partial charge in [0.25, 0.3) is 0 Å². The molecule has 0 aliphatic carbocycles. The van der Waals surface area contributed by atoms with Crippen LogP contribution in [-0.2, 0) is 13.2 Å². The first-order valence-corrected chi connectivity index (χ1v) is 5.45. The van der Waals surface area contributed by atoms with E-state index in [4.69, 9.17) is 0 Å². The van der Waals surface area contributed by atoms with Crippen molar-refractivity contribution in [1.82, 2.24) is 9.97 Å². The van der Waals surface area contributed by atoms with Crippen LogP contribution in [0.3, 0.4) is 0 Å². The largest absolute Gasteiger partial charge is 0.392 e. The third-order valence-electron chi connectivity index (χ3n) is 2.63. The lowest BCUT2D eigenvalue weighted by Gasteiger charge is -2.21. The molecule has 0 aliphatic rings. The van der Waals surface area contributed by atoms with Crippen LogP contribution in [0.15, 0.2) is 43.0 Å². The zero-order chi connectivity index (χ0) is 12.1. The highest BCUT2D eigenvalue weighted by atomic mass is 16.3. The first-order valence-electron chi connectivity index (χ1n) is 5.45. The molecule has 0 aromatic carbocycles. The van der Waals surface area contributed by atoms with Crippen molar-refractivity contribution < 1.29 is 5.11 Å². The van der Waals surface area contributed by atoms with Gasteiger partial charge in [0, 0.05) is 49.6 Å². The van der Waals surface area contributed by atoms with Crippen LogP contribution >= 0.6 is 0 Å². The Bertz CT molecular complexity index is 473. The maximum absolute atomic E-state index is 9.26. The molecule has 0 radical (unpaired) electrons. The Labute approximate surface area is 101 Å². The average molecular weight is 229 g/mol. The van der Waals surface area contributed by atoms with Crippen LogP contribution in [0.25, 0.3) is 0 Å². The topological polar surface area (TPSA) is 49.2 Å². The molecule has 2 aromatic heterocycles. The van der Waals surface area contributed by atoms with Crippen molar-refractivity contribution in [2.45, 2.75) is 13.2 Å². The number of hydrogen-bond donors (Lipinski definition) is 1. The van der Waals surface area contributed by atoms with Gasteiger partial charge in [0.15, 0.2) is 0 Å². The van der Waals surface area contributed by atoms with Gasteiger partial charge in [0.05, 0.1) is 6.61 Å². The highest BCUT2D eigenvalue weighted by Crippen LogP contribution is 2.19. The minimum atomic E-state index is 0.00383. The average Bonchev–Trinajstić information content (AvgIpc) is 2.40. The van der Waals surface area contributed by atoms with E-state index < -0.39 is 0 Å². The van der Waals surface area contributed by atoms with Gasteiger partial charge < -0.3 is 10.0 Å². The van der Waals surface area contributed by atoms with Crippen LogP contribution in [0, 0.1) is 0 Å². The summed E-state index contributed by atoms with van der Waals surface area (Å²) in [6.45, 7) is 0.781. The summed E-state index contributed by atoms with van der Waals surface area (Å²) in [7, 11) is 1.99. The molecule has 0 bridgehead atoms. The fourth-order valence-electron chi connectivity index (χ4n) is 1.76. The van der Waals surface area contributed by atoms with Crippen LogP contribution in [0.4, 0.5) is 5.69 Å². The lowest BCUT2D eigenvalue weighted by molar-refractivity contribution is 0.281. The van der Waals surface area contributed by atoms with E-state index in [1.54, 1.807) is 24.8 Å². The molecule has 0 saturated carbocycles. The molecule has 4 heteroatoms. The molecule has 0 fully saturated rings. The van der Waals surface area contributed by atoms with Gasteiger partial charge in [-0.1, -0.05) is 0 Å². The Morgan fingerprint density at radius 3 is 2.53 bits per heavy atom. The van der Waals surface area contributed by atoms with Crippen LogP contribution in [0.5, 0.6) is 0 Å². The molecule has 0 saturated heterocycles. The predicted octanol–water partition coefficient (Wildman–Crippen LogP) is 1.61. The molecule has 88 valence electrons. The molecule has 0 aliphatic heterocycles. The second-order valence-electron chi connectivity index (χ2n) is 3.87. The van der Waals surface area contributed by atoms with Crippen molar-refractivity contribution >= 4 is 5.69 Å². The predicted molar refractivity (Wildman–Crippen MR) is 66.5 cm³/mol. The summed E-state index contributed by atoms with van der Waals surface area (Å²) in [5.41, 5.74) is 3.02. The van der Waals surface area contributed by atoms with Crippen LogP contribution in [-0.4, -0.2) is 22.1 Å². The molecule has 2 heterocycles. The van der Waals surface area contributed by atoms with E-state index in [0.29, 0.717) is 0 Å². The summed E-state index contributed by atoms with van der Waals surface area (Å²) in [6, 6.07) is 5.87. The molecule has 4 nitrogen and oxygen atoms in total. The summed E-state index contributed by atoms with van der Waals surface area (Å²) >= 11 is 0. The van der Waals surface area contributed by atoms with E-state index in [0.717, 1.165) is 17.8 Å². The first-order chi connectivity index (χ1) is 8.31. The Kier molecular flexibility index (Phi) is 3.67. The van der Waals surface area contributed by atoms with E-state index in [1.807, 2.05) is 25.2 Å². The first kappa shape index (κ1) is 11.5. The highest BCUT2D eigenvalue weighted by Gasteiger charge is 2.06. The second kappa shape index (κ2) is 5.41. The van der Waals surface area contributed by atoms with E-state index in [2.05, 4.69) is 14.9 Å². The zero-order valence-electron chi connectivity index (χ0n) is 9.74. The molecule has 0 unspecified atom stereocenters. The van der Waals surface area contributed by atoms with Crippen molar-refractivity contribution in [3.63, 3.8) is 0 Å². The maximum atomic E-state index is 9.26. The third kappa shape index (κ3) is 2.79. The SMILES string of the molecule is CN(Cc1ccncc1)c1ccncc1CO. The fourth-order valence-corrected chi connectivity index (χ4v) is 1.76. The standard InChI is InChI=1S/C13H15N3O/c1-16(9-11-2-5-14-6-3-11)13-4-7-15-8-12(13)10-17/h2-8,17H,9-10H2,1H3. The van der Waals surface area contributed by atoms with Gasteiger partial charge in [-0.05, 0) is 23.8 Å². The molecule has 2 rings (SSSR count). The fraction of sp³-hybridized carbons (Fsp3) is 0.231. The van der Waals surface area contributed by atoms with E-state index in [1.165, 1.54) is 5.56 Å². The van der Waals surface area contributed by atoms with Crippen LogP contribution in [0.1, 0.15) is 11.1 Å². The van der Waals surface area contributed by atoms with Crippen LogP contribution < -0.4 is 4.90 Å². The minimum absolute atomic E-state index is 0.00383. The van der Waals surface area contributed by atoms with Crippen molar-refractivity contribution in [3.8, 4) is 0 Å². The third-order valence-corrected chi connectivity index (χ3v) is 2.63. The number of hydrogen-bond acceptors (Lipinski definition) is 4. The molecular weight excluding hydrogens is 214 g/mol. The summed E-state index contributed by atoms with van der Waals surface area (Å²) < 4.78 is 0. The summed E-state index contributed by atoms with van der Waals surface area (Å²) in [6.07, 6.45) is 6.99. The Morgan fingerprint density at radius 1 is 1.12 bits per heavy atom. The zero-order valence-corrected chi connectivity index (χ0v) is 9.74. The highest BCUT2D eigenvalue weighted by molar-refractivity contribution is 5.51. The molecular formula is C13H15N3O. The number of rotatable bonds is 4. The van der Waals surface area contributed by atoms with E-state index in [9.17, 15) is 5.11 Å². The monoisotopic (exact) mass is 229 g/mol. The van der Waals surface area contributed by atoms with Crippen molar-refractivity contribution in [2.75, 3.05) is 11.9 Å². The number of aliphatic hydroxyl groups excluding tert-OH is 1. The quantitative estimate of drug-likeness (QED) is 0.865. The lowest BCUT2D eigenvalue weighted by atomic mass is 10.2. The smallest absolute Gasteiger partial charge is 0.0717 e. The molecule has 0 atom stereocenters. The molecule has 0 spiro atoms. The van der Waals surface area contributed by atoms with Crippen molar-refractivity contribution in [2.24, 2.45) is 0 Å². The van der Waals surface area contributed by atoms with Gasteiger partial charge in [-0.25, -0.2) is 0 Å². The van der Waals surface area contributed by atoms with Gasteiger partial charge in [0.1, 0.15) is 0 Å². The number of pyridine rings is 2. The molecule has 1 N–H and O–H groups in total. The lowest BCUT2D eigenvalue weighted by Crippen LogP contribution is -2.18. The van der Waals surface area contributed by atoms with Crippen LogP contribution in [0.2, 0.25) is 0 Å². The number of aliphatic hydroxyl groups is 1. The normalized spacial score (nSPS) is 10.2. The Hall–Kier alpha value is -1.94.